The molecule has 106 valence electrons. The maximum atomic E-state index is 9.81. The van der Waals surface area contributed by atoms with Crippen LogP contribution >= 0.6 is 15.9 Å². The van der Waals surface area contributed by atoms with Crippen molar-refractivity contribution in [2.75, 3.05) is 33.8 Å². The lowest BCUT2D eigenvalue weighted by Crippen LogP contribution is -2.49. The summed E-state index contributed by atoms with van der Waals surface area (Å²) < 4.78 is 5.87. The number of halogens is 1. The Morgan fingerprint density at radius 2 is 2.16 bits per heavy atom. The zero-order valence-electron chi connectivity index (χ0n) is 11.7. The van der Waals surface area contributed by atoms with Crippen LogP contribution in [0.5, 0.6) is 11.5 Å². The van der Waals surface area contributed by atoms with Gasteiger partial charge in [0.15, 0.2) is 11.5 Å². The summed E-state index contributed by atoms with van der Waals surface area (Å²) in [6.45, 7) is 6.36. The fourth-order valence-corrected chi connectivity index (χ4v) is 2.89. The highest BCUT2D eigenvalue weighted by Crippen LogP contribution is 2.35. The van der Waals surface area contributed by atoms with E-state index in [-0.39, 0.29) is 5.75 Å². The van der Waals surface area contributed by atoms with Gasteiger partial charge in [-0.1, -0.05) is 0 Å². The summed E-state index contributed by atoms with van der Waals surface area (Å²) >= 11 is 3.37. The number of piperazine rings is 1. The molecular formula is C14H21BrN2O2. The second-order valence-corrected chi connectivity index (χ2v) is 6.05. The van der Waals surface area contributed by atoms with E-state index in [2.05, 4.69) is 39.7 Å². The molecule has 0 spiro atoms. The molecule has 0 amide bonds. The normalized spacial score (nSPS) is 21.6. The fourth-order valence-electron chi connectivity index (χ4n) is 2.40. The molecule has 1 heterocycles. The molecule has 1 aliphatic heterocycles. The van der Waals surface area contributed by atoms with Crippen LogP contribution in [0.2, 0.25) is 0 Å². The van der Waals surface area contributed by atoms with Gasteiger partial charge in [0.2, 0.25) is 0 Å². The van der Waals surface area contributed by atoms with Crippen molar-refractivity contribution >= 4 is 15.9 Å². The predicted octanol–water partition coefficient (Wildman–Crippen LogP) is 2.30. The van der Waals surface area contributed by atoms with Gasteiger partial charge < -0.3 is 14.7 Å². The zero-order valence-corrected chi connectivity index (χ0v) is 13.3. The number of likely N-dealkylation sites (N-methyl/N-ethyl adjacent to an activating group) is 1. The Balaban J connectivity index is 2.09. The van der Waals surface area contributed by atoms with Crippen molar-refractivity contribution in [1.29, 1.82) is 0 Å². The molecule has 0 aliphatic carbocycles. The van der Waals surface area contributed by atoms with E-state index in [9.17, 15) is 5.11 Å². The zero-order chi connectivity index (χ0) is 14.0. The molecule has 1 N–H and O–H groups in total. The number of aromatic hydroxyl groups is 1. The van der Waals surface area contributed by atoms with Crippen molar-refractivity contribution in [3.05, 3.63) is 22.2 Å². The summed E-state index contributed by atoms with van der Waals surface area (Å²) in [5, 5.41) is 9.81. The van der Waals surface area contributed by atoms with Gasteiger partial charge in [0.1, 0.15) is 0 Å². The molecule has 0 bridgehead atoms. The van der Waals surface area contributed by atoms with Crippen molar-refractivity contribution in [3.63, 3.8) is 0 Å². The lowest BCUT2D eigenvalue weighted by Gasteiger charge is -2.37. The molecule has 0 saturated carbocycles. The van der Waals surface area contributed by atoms with Crippen LogP contribution in [0.15, 0.2) is 16.6 Å². The van der Waals surface area contributed by atoms with Crippen LogP contribution in [0.25, 0.3) is 0 Å². The van der Waals surface area contributed by atoms with E-state index < -0.39 is 0 Å². The molecule has 5 heteroatoms. The second-order valence-electron chi connectivity index (χ2n) is 5.19. The van der Waals surface area contributed by atoms with Gasteiger partial charge in [0.25, 0.3) is 0 Å². The van der Waals surface area contributed by atoms with Crippen LogP contribution < -0.4 is 4.74 Å². The molecule has 1 aromatic rings. The van der Waals surface area contributed by atoms with Crippen LogP contribution in [0.1, 0.15) is 12.5 Å². The van der Waals surface area contributed by atoms with Crippen molar-refractivity contribution in [3.8, 4) is 11.5 Å². The number of methoxy groups -OCH3 is 1. The number of nitrogens with zero attached hydrogens (tertiary/aromatic N) is 2. The molecule has 1 atom stereocenters. The van der Waals surface area contributed by atoms with Crippen LogP contribution in [0, 0.1) is 0 Å². The Morgan fingerprint density at radius 3 is 2.79 bits per heavy atom. The van der Waals surface area contributed by atoms with Crippen LogP contribution in [-0.2, 0) is 6.54 Å². The molecule has 19 heavy (non-hydrogen) atoms. The lowest BCUT2D eigenvalue weighted by atomic mass is 10.1. The number of ether oxygens (including phenoxy) is 1. The van der Waals surface area contributed by atoms with E-state index in [0.29, 0.717) is 16.3 Å². The average molecular weight is 329 g/mol. The molecule has 1 unspecified atom stereocenters. The second kappa shape index (κ2) is 6.11. The van der Waals surface area contributed by atoms with E-state index in [1.165, 1.54) is 0 Å². The van der Waals surface area contributed by atoms with Gasteiger partial charge in [-0.15, -0.1) is 0 Å². The molecular weight excluding hydrogens is 308 g/mol. The van der Waals surface area contributed by atoms with E-state index in [0.717, 1.165) is 31.7 Å². The first-order valence-corrected chi connectivity index (χ1v) is 7.28. The number of hydrogen-bond acceptors (Lipinski definition) is 4. The minimum absolute atomic E-state index is 0.165. The summed E-state index contributed by atoms with van der Waals surface area (Å²) in [6, 6.07) is 4.44. The van der Waals surface area contributed by atoms with Gasteiger partial charge in [0.05, 0.1) is 11.6 Å². The minimum atomic E-state index is 0.165. The topological polar surface area (TPSA) is 35.9 Å². The molecule has 2 rings (SSSR count). The van der Waals surface area contributed by atoms with Gasteiger partial charge in [-0.05, 0) is 47.6 Å². The lowest BCUT2D eigenvalue weighted by molar-refractivity contribution is 0.0999. The summed E-state index contributed by atoms with van der Waals surface area (Å²) in [5.41, 5.74) is 1.15. The molecule has 1 saturated heterocycles. The Morgan fingerprint density at radius 1 is 1.42 bits per heavy atom. The van der Waals surface area contributed by atoms with E-state index in [1.807, 2.05) is 12.1 Å². The predicted molar refractivity (Wildman–Crippen MR) is 79.7 cm³/mol. The van der Waals surface area contributed by atoms with E-state index in [1.54, 1.807) is 7.11 Å². The van der Waals surface area contributed by atoms with Gasteiger partial charge in [0, 0.05) is 32.2 Å². The van der Waals surface area contributed by atoms with Crippen LogP contribution in [0.3, 0.4) is 0 Å². The quantitative estimate of drug-likeness (QED) is 0.923. The SMILES string of the molecule is COc1cc(CN2CCN(C)C(C)C2)cc(Br)c1O. The van der Waals surface area contributed by atoms with Gasteiger partial charge in [-0.2, -0.15) is 0 Å². The third-order valence-corrected chi connectivity index (χ3v) is 4.36. The molecule has 1 fully saturated rings. The number of phenolic OH excluding ortho intramolecular Hbond substituents is 1. The number of hydrogen-bond donors (Lipinski definition) is 1. The monoisotopic (exact) mass is 328 g/mol. The third-order valence-electron chi connectivity index (χ3n) is 3.76. The fraction of sp³-hybridized carbons (Fsp3) is 0.571. The van der Waals surface area contributed by atoms with Crippen molar-refractivity contribution in [2.45, 2.75) is 19.5 Å². The summed E-state index contributed by atoms with van der Waals surface area (Å²) in [7, 11) is 3.74. The first kappa shape index (κ1) is 14.6. The Labute approximate surface area is 123 Å². The summed E-state index contributed by atoms with van der Waals surface area (Å²) in [4.78, 5) is 4.81. The number of benzene rings is 1. The molecule has 0 radical (unpaired) electrons. The average Bonchev–Trinajstić information content (AvgIpc) is 2.38. The van der Waals surface area contributed by atoms with Crippen LogP contribution in [0.4, 0.5) is 0 Å². The maximum Gasteiger partial charge on any atom is 0.172 e. The number of phenols is 1. The molecule has 4 nitrogen and oxygen atoms in total. The molecule has 1 aromatic carbocycles. The maximum absolute atomic E-state index is 9.81. The largest absolute Gasteiger partial charge is 0.503 e. The van der Waals surface area contributed by atoms with E-state index in [4.69, 9.17) is 4.74 Å². The highest BCUT2D eigenvalue weighted by atomic mass is 79.9. The standard InChI is InChI=1S/C14H21BrN2O2/c1-10-8-17(5-4-16(10)2)9-11-6-12(15)14(18)13(7-11)19-3/h6-7,10,18H,4-5,8-9H2,1-3H3. The smallest absolute Gasteiger partial charge is 0.172 e. The minimum Gasteiger partial charge on any atom is -0.503 e. The van der Waals surface area contributed by atoms with Crippen molar-refractivity contribution in [1.82, 2.24) is 9.80 Å². The Kier molecular flexibility index (Phi) is 4.71. The third kappa shape index (κ3) is 3.41. The van der Waals surface area contributed by atoms with E-state index >= 15 is 0 Å². The first-order valence-electron chi connectivity index (χ1n) is 6.49. The van der Waals surface area contributed by atoms with Gasteiger partial charge in [-0.25, -0.2) is 0 Å². The highest BCUT2D eigenvalue weighted by Gasteiger charge is 2.21. The van der Waals surface area contributed by atoms with Crippen LogP contribution in [-0.4, -0.2) is 54.7 Å². The first-order chi connectivity index (χ1) is 9.01. The summed E-state index contributed by atoms with van der Waals surface area (Å²) in [5.74, 6) is 0.685. The highest BCUT2D eigenvalue weighted by molar-refractivity contribution is 9.10. The Hall–Kier alpha value is -0.780. The van der Waals surface area contributed by atoms with Crippen molar-refractivity contribution in [2.24, 2.45) is 0 Å². The Bertz CT molecular complexity index is 453. The number of rotatable bonds is 3. The van der Waals surface area contributed by atoms with Crippen molar-refractivity contribution < 1.29 is 9.84 Å². The van der Waals surface area contributed by atoms with Gasteiger partial charge in [-0.3, -0.25) is 4.90 Å². The molecule has 0 aromatic heterocycles. The summed E-state index contributed by atoms with van der Waals surface area (Å²) in [6.07, 6.45) is 0. The van der Waals surface area contributed by atoms with Gasteiger partial charge >= 0.3 is 0 Å². The molecule has 1 aliphatic rings.